The molecule has 3 heteroatoms. The largest absolute Gasteiger partial charge is 0.341 e. The first-order chi connectivity index (χ1) is 5.42. The Kier molecular flexibility index (Phi) is 1.82. The highest BCUT2D eigenvalue weighted by atomic mass is 16.1. The average molecular weight is 154 g/mol. The number of hydrogen-bond donors (Lipinski definition) is 1. The second-order valence-electron chi connectivity index (χ2n) is 3.40. The Balaban J connectivity index is 2.06. The van der Waals surface area contributed by atoms with Gasteiger partial charge < -0.3 is 10.2 Å². The zero-order chi connectivity index (χ0) is 7.68. The van der Waals surface area contributed by atoms with Crippen LogP contribution in [0.4, 0.5) is 0 Å². The molecule has 0 unspecified atom stereocenters. The number of fused-ring (bicyclic) bond motifs is 1. The lowest BCUT2D eigenvalue weighted by Gasteiger charge is -2.34. The minimum atomic E-state index is 0.501. The highest BCUT2D eigenvalue weighted by Gasteiger charge is 2.33. The maximum atomic E-state index is 10.6. The number of amides is 1. The van der Waals surface area contributed by atoms with Gasteiger partial charge in [-0.15, -0.1) is 0 Å². The first-order valence-electron chi connectivity index (χ1n) is 4.36. The third-order valence-corrected chi connectivity index (χ3v) is 2.80. The topological polar surface area (TPSA) is 32.3 Å². The summed E-state index contributed by atoms with van der Waals surface area (Å²) in [5.41, 5.74) is 0. The maximum absolute atomic E-state index is 10.6. The minimum absolute atomic E-state index is 0.501. The number of rotatable bonds is 1. The van der Waals surface area contributed by atoms with Gasteiger partial charge in [-0.2, -0.15) is 0 Å². The smallest absolute Gasteiger partial charge is 0.210 e. The summed E-state index contributed by atoms with van der Waals surface area (Å²) in [5, 5.41) is 3.42. The Morgan fingerprint density at radius 1 is 1.45 bits per heavy atom. The summed E-state index contributed by atoms with van der Waals surface area (Å²) in [6.45, 7) is 2.05. The molecule has 2 saturated heterocycles. The first kappa shape index (κ1) is 7.10. The van der Waals surface area contributed by atoms with E-state index in [4.69, 9.17) is 0 Å². The van der Waals surface area contributed by atoms with Gasteiger partial charge in [0.25, 0.3) is 0 Å². The third kappa shape index (κ3) is 1.13. The second kappa shape index (κ2) is 2.81. The van der Waals surface area contributed by atoms with E-state index in [1.54, 1.807) is 0 Å². The molecule has 1 N–H and O–H groups in total. The summed E-state index contributed by atoms with van der Waals surface area (Å²) in [5.74, 6) is 0. The van der Waals surface area contributed by atoms with Crippen LogP contribution in [0.3, 0.4) is 0 Å². The Morgan fingerprint density at radius 3 is 3.18 bits per heavy atom. The number of likely N-dealkylation sites (tertiary alicyclic amines) is 1. The van der Waals surface area contributed by atoms with Crippen molar-refractivity contribution in [3.63, 3.8) is 0 Å². The van der Waals surface area contributed by atoms with Crippen LogP contribution < -0.4 is 5.32 Å². The van der Waals surface area contributed by atoms with E-state index in [2.05, 4.69) is 5.32 Å². The van der Waals surface area contributed by atoms with Crippen molar-refractivity contribution in [1.29, 1.82) is 0 Å². The van der Waals surface area contributed by atoms with Gasteiger partial charge in [0.1, 0.15) is 0 Å². The zero-order valence-electron chi connectivity index (χ0n) is 6.62. The van der Waals surface area contributed by atoms with Crippen LogP contribution in [0.5, 0.6) is 0 Å². The van der Waals surface area contributed by atoms with E-state index in [-0.39, 0.29) is 0 Å². The molecular formula is C8H14N2O. The molecule has 0 saturated carbocycles. The van der Waals surface area contributed by atoms with Crippen LogP contribution in [0, 0.1) is 0 Å². The molecule has 2 fully saturated rings. The lowest BCUT2D eigenvalue weighted by atomic mass is 9.98. The van der Waals surface area contributed by atoms with Gasteiger partial charge in [-0.25, -0.2) is 0 Å². The van der Waals surface area contributed by atoms with Crippen LogP contribution in [-0.2, 0) is 4.79 Å². The molecule has 0 radical (unpaired) electrons. The van der Waals surface area contributed by atoms with E-state index in [0.29, 0.717) is 12.1 Å². The molecule has 0 spiro atoms. The number of nitrogens with zero attached hydrogens (tertiary/aromatic N) is 1. The summed E-state index contributed by atoms with van der Waals surface area (Å²) in [6, 6.07) is 1.09. The van der Waals surface area contributed by atoms with Crippen molar-refractivity contribution < 1.29 is 4.79 Å². The fraction of sp³-hybridized carbons (Fsp3) is 0.875. The fourth-order valence-corrected chi connectivity index (χ4v) is 2.24. The molecule has 1 amide bonds. The highest BCUT2D eigenvalue weighted by Crippen LogP contribution is 2.22. The van der Waals surface area contributed by atoms with Crippen molar-refractivity contribution in [2.45, 2.75) is 31.3 Å². The van der Waals surface area contributed by atoms with Gasteiger partial charge in [-0.3, -0.25) is 4.79 Å². The van der Waals surface area contributed by atoms with Crippen molar-refractivity contribution in [2.24, 2.45) is 0 Å². The second-order valence-corrected chi connectivity index (χ2v) is 3.40. The van der Waals surface area contributed by atoms with Crippen molar-refractivity contribution in [3.8, 4) is 0 Å². The summed E-state index contributed by atoms with van der Waals surface area (Å²) in [6.07, 6.45) is 4.55. The van der Waals surface area contributed by atoms with Gasteiger partial charge in [-0.1, -0.05) is 0 Å². The molecule has 0 aromatic rings. The molecule has 2 heterocycles. The molecular weight excluding hydrogens is 140 g/mol. The maximum Gasteiger partial charge on any atom is 0.210 e. The van der Waals surface area contributed by atoms with Crippen LogP contribution in [0.25, 0.3) is 0 Å². The van der Waals surface area contributed by atoms with E-state index < -0.39 is 0 Å². The molecule has 2 aliphatic rings. The van der Waals surface area contributed by atoms with E-state index in [1.807, 2.05) is 4.90 Å². The summed E-state index contributed by atoms with van der Waals surface area (Å²) in [7, 11) is 0. The Bertz CT molecular complexity index is 160. The van der Waals surface area contributed by atoms with E-state index in [9.17, 15) is 4.79 Å². The molecule has 0 aromatic carbocycles. The molecule has 11 heavy (non-hydrogen) atoms. The predicted molar refractivity (Wildman–Crippen MR) is 42.2 cm³/mol. The fourth-order valence-electron chi connectivity index (χ4n) is 2.24. The molecule has 0 aromatic heterocycles. The summed E-state index contributed by atoms with van der Waals surface area (Å²) >= 11 is 0. The summed E-state index contributed by atoms with van der Waals surface area (Å²) < 4.78 is 0. The highest BCUT2D eigenvalue weighted by molar-refractivity contribution is 5.48. The average Bonchev–Trinajstić information content (AvgIpc) is 2.50. The Labute approximate surface area is 66.8 Å². The van der Waals surface area contributed by atoms with Gasteiger partial charge in [0.05, 0.1) is 0 Å². The number of nitrogens with one attached hydrogen (secondary N) is 1. The molecule has 2 atom stereocenters. The third-order valence-electron chi connectivity index (χ3n) is 2.80. The quantitative estimate of drug-likeness (QED) is 0.538. The molecule has 2 aliphatic heterocycles. The number of hydrogen-bond acceptors (Lipinski definition) is 2. The van der Waals surface area contributed by atoms with Gasteiger partial charge in [0.2, 0.25) is 6.41 Å². The summed E-state index contributed by atoms with van der Waals surface area (Å²) in [4.78, 5) is 12.6. The van der Waals surface area contributed by atoms with Crippen LogP contribution in [-0.4, -0.2) is 36.5 Å². The monoisotopic (exact) mass is 154 g/mol. The zero-order valence-corrected chi connectivity index (χ0v) is 6.62. The van der Waals surface area contributed by atoms with Gasteiger partial charge in [0, 0.05) is 18.6 Å². The van der Waals surface area contributed by atoms with Crippen molar-refractivity contribution in [2.75, 3.05) is 13.1 Å². The van der Waals surface area contributed by atoms with Crippen LogP contribution in [0.1, 0.15) is 19.3 Å². The molecule has 3 nitrogen and oxygen atoms in total. The standard InChI is InChI=1S/C8H14N2O/c11-6-10-5-1-2-7-8(10)3-4-9-7/h6-9H,1-5H2/t7-,8-/m1/s1. The van der Waals surface area contributed by atoms with Crippen LogP contribution >= 0.6 is 0 Å². The van der Waals surface area contributed by atoms with Gasteiger partial charge in [0.15, 0.2) is 0 Å². The van der Waals surface area contributed by atoms with E-state index in [1.165, 1.54) is 6.42 Å². The van der Waals surface area contributed by atoms with Crippen molar-refractivity contribution in [3.05, 3.63) is 0 Å². The van der Waals surface area contributed by atoms with Crippen LogP contribution in [0.2, 0.25) is 0 Å². The number of carbonyl (C=O) groups excluding carboxylic acids is 1. The van der Waals surface area contributed by atoms with E-state index >= 15 is 0 Å². The molecule has 62 valence electrons. The molecule has 2 rings (SSSR count). The lowest BCUT2D eigenvalue weighted by Crippen LogP contribution is -2.47. The lowest BCUT2D eigenvalue weighted by molar-refractivity contribution is -0.121. The van der Waals surface area contributed by atoms with Crippen molar-refractivity contribution >= 4 is 6.41 Å². The number of piperidine rings is 1. The Morgan fingerprint density at radius 2 is 2.36 bits per heavy atom. The van der Waals surface area contributed by atoms with Crippen molar-refractivity contribution in [1.82, 2.24) is 10.2 Å². The van der Waals surface area contributed by atoms with E-state index in [0.717, 1.165) is 32.3 Å². The molecule has 0 aliphatic carbocycles. The minimum Gasteiger partial charge on any atom is -0.341 e. The SMILES string of the molecule is O=CN1CCC[C@H]2NCC[C@H]21. The normalized spacial score (nSPS) is 36.9. The van der Waals surface area contributed by atoms with Crippen LogP contribution in [0.15, 0.2) is 0 Å². The Hall–Kier alpha value is -0.570. The first-order valence-corrected chi connectivity index (χ1v) is 4.36. The number of carbonyl (C=O) groups is 1. The molecule has 0 bridgehead atoms. The predicted octanol–water partition coefficient (Wildman–Crippen LogP) is -0.0309. The van der Waals surface area contributed by atoms with Gasteiger partial charge in [-0.05, 0) is 25.8 Å². The van der Waals surface area contributed by atoms with Gasteiger partial charge >= 0.3 is 0 Å².